The number of carbonyl (C=O) groups excluding carboxylic acids is 4. The van der Waals surface area contributed by atoms with Crippen molar-refractivity contribution in [3.63, 3.8) is 0 Å². The molecule has 4 amide bonds. The first-order valence-electron chi connectivity index (χ1n) is 10.8. The summed E-state index contributed by atoms with van der Waals surface area (Å²) in [6, 6.07) is 3.68. The third kappa shape index (κ3) is 11.5. The zero-order chi connectivity index (χ0) is 26.5. The number of rotatable bonds is 14. The van der Waals surface area contributed by atoms with Crippen molar-refractivity contribution in [3.8, 4) is 0 Å². The monoisotopic (exact) mass is 490 g/mol. The molecule has 1 rings (SSSR count). The van der Waals surface area contributed by atoms with E-state index < -0.39 is 60.6 Å². The molecule has 0 saturated carbocycles. The molecule has 7 N–H and O–H groups in total. The molecular formula is C23H30N4O8. The minimum Gasteiger partial charge on any atom is -0.481 e. The standard InChI is InChI=1S/C23H30N4O8/c1-13(2)11-17(21(24)33)27-23(35)16(8-10-20(31)32)26-18(28)12-25-22(34)15-6-3-14(4-7-15)5-9-19(29)30/h3-7,9,13,16-17H,8,10-12H2,1-2H3,(H2,24,33)(H,25,34)(H,26,28)(H,27,35)(H,29,30)(H,31,32)/b9-5+/t16-,17-/m0/s1. The number of nitrogens with two attached hydrogens (primary N) is 1. The molecular weight excluding hydrogens is 460 g/mol. The molecule has 0 aromatic heterocycles. The Hall–Kier alpha value is -4.22. The Labute approximate surface area is 201 Å². The highest BCUT2D eigenvalue weighted by Gasteiger charge is 2.26. The van der Waals surface area contributed by atoms with Crippen molar-refractivity contribution >= 4 is 41.6 Å². The zero-order valence-corrected chi connectivity index (χ0v) is 19.4. The molecule has 0 spiro atoms. The van der Waals surface area contributed by atoms with Crippen LogP contribution in [0.5, 0.6) is 0 Å². The van der Waals surface area contributed by atoms with E-state index in [0.29, 0.717) is 5.56 Å². The first-order chi connectivity index (χ1) is 16.4. The molecule has 0 unspecified atom stereocenters. The van der Waals surface area contributed by atoms with E-state index in [1.54, 1.807) is 0 Å². The number of carboxylic acids is 2. The Morgan fingerprint density at radius 1 is 0.971 bits per heavy atom. The fourth-order valence-electron chi connectivity index (χ4n) is 2.95. The molecule has 0 aliphatic rings. The van der Waals surface area contributed by atoms with Crippen molar-refractivity contribution in [2.75, 3.05) is 6.54 Å². The van der Waals surface area contributed by atoms with Crippen molar-refractivity contribution in [1.82, 2.24) is 16.0 Å². The number of benzene rings is 1. The second kappa shape index (κ2) is 14.1. The van der Waals surface area contributed by atoms with Gasteiger partial charge in [-0.05, 0) is 42.5 Å². The molecule has 1 aromatic carbocycles. The first kappa shape index (κ1) is 28.8. The maximum absolute atomic E-state index is 12.6. The highest BCUT2D eigenvalue weighted by atomic mass is 16.4. The average Bonchev–Trinajstić information content (AvgIpc) is 2.78. The van der Waals surface area contributed by atoms with Gasteiger partial charge in [0.25, 0.3) is 5.91 Å². The molecule has 0 saturated heterocycles. The summed E-state index contributed by atoms with van der Waals surface area (Å²) >= 11 is 0. The summed E-state index contributed by atoms with van der Waals surface area (Å²) in [5, 5.41) is 24.8. The van der Waals surface area contributed by atoms with Crippen molar-refractivity contribution in [2.24, 2.45) is 11.7 Å². The lowest BCUT2D eigenvalue weighted by Crippen LogP contribution is -2.54. The summed E-state index contributed by atoms with van der Waals surface area (Å²) in [6.07, 6.45) is 1.91. The van der Waals surface area contributed by atoms with Gasteiger partial charge in [0.05, 0.1) is 6.54 Å². The SMILES string of the molecule is CC(C)C[C@H](NC(=O)[C@H](CCC(=O)O)NC(=O)CNC(=O)c1ccc(/C=C/C(=O)O)cc1)C(N)=O. The van der Waals surface area contributed by atoms with Crippen LogP contribution in [0.15, 0.2) is 30.3 Å². The van der Waals surface area contributed by atoms with E-state index in [4.69, 9.17) is 15.9 Å². The van der Waals surface area contributed by atoms with Crippen molar-refractivity contribution in [2.45, 2.75) is 45.2 Å². The summed E-state index contributed by atoms with van der Waals surface area (Å²) in [7, 11) is 0. The number of hydrogen-bond acceptors (Lipinski definition) is 6. The van der Waals surface area contributed by atoms with Crippen molar-refractivity contribution in [1.29, 1.82) is 0 Å². The van der Waals surface area contributed by atoms with Gasteiger partial charge in [0.1, 0.15) is 12.1 Å². The van der Waals surface area contributed by atoms with Crippen molar-refractivity contribution in [3.05, 3.63) is 41.5 Å². The Kier molecular flexibility index (Phi) is 11.6. The van der Waals surface area contributed by atoms with Gasteiger partial charge in [0.2, 0.25) is 17.7 Å². The molecule has 0 aliphatic heterocycles. The van der Waals surface area contributed by atoms with E-state index in [1.807, 2.05) is 13.8 Å². The molecule has 0 aliphatic carbocycles. The van der Waals surface area contributed by atoms with E-state index in [-0.39, 0.29) is 24.3 Å². The Balaban J connectivity index is 2.75. The van der Waals surface area contributed by atoms with Crippen LogP contribution in [0, 0.1) is 5.92 Å². The smallest absolute Gasteiger partial charge is 0.328 e. The summed E-state index contributed by atoms with van der Waals surface area (Å²) in [5.41, 5.74) is 6.09. The normalized spacial score (nSPS) is 12.5. The fourth-order valence-corrected chi connectivity index (χ4v) is 2.95. The lowest BCUT2D eigenvalue weighted by Gasteiger charge is -2.22. The maximum Gasteiger partial charge on any atom is 0.328 e. The van der Waals surface area contributed by atoms with Gasteiger partial charge in [0.15, 0.2) is 0 Å². The number of aliphatic carboxylic acids is 2. The van der Waals surface area contributed by atoms with Crippen LogP contribution in [-0.2, 0) is 24.0 Å². The molecule has 0 heterocycles. The van der Waals surface area contributed by atoms with Crippen LogP contribution in [0.2, 0.25) is 0 Å². The topological polar surface area (TPSA) is 205 Å². The van der Waals surface area contributed by atoms with Gasteiger partial charge in [-0.3, -0.25) is 24.0 Å². The number of nitrogens with one attached hydrogen (secondary N) is 3. The van der Waals surface area contributed by atoms with Gasteiger partial charge in [-0.1, -0.05) is 26.0 Å². The van der Waals surface area contributed by atoms with Gasteiger partial charge in [-0.25, -0.2) is 4.79 Å². The predicted octanol–water partition coefficient (Wildman–Crippen LogP) is -0.120. The second-order valence-corrected chi connectivity index (χ2v) is 8.12. The number of hydrogen-bond donors (Lipinski definition) is 6. The molecule has 0 bridgehead atoms. The Morgan fingerprint density at radius 3 is 2.11 bits per heavy atom. The van der Waals surface area contributed by atoms with Gasteiger partial charge in [0, 0.05) is 18.1 Å². The minimum atomic E-state index is -1.26. The van der Waals surface area contributed by atoms with Gasteiger partial charge in [-0.15, -0.1) is 0 Å². The highest BCUT2D eigenvalue weighted by molar-refractivity contribution is 5.97. The van der Waals surface area contributed by atoms with E-state index in [1.165, 1.54) is 30.3 Å². The van der Waals surface area contributed by atoms with E-state index in [0.717, 1.165) is 6.08 Å². The zero-order valence-electron chi connectivity index (χ0n) is 19.4. The molecule has 1 aromatic rings. The van der Waals surface area contributed by atoms with Crippen LogP contribution in [0.3, 0.4) is 0 Å². The molecule has 12 heteroatoms. The summed E-state index contributed by atoms with van der Waals surface area (Å²) in [5.74, 6) is -5.11. The van der Waals surface area contributed by atoms with Crippen LogP contribution in [0.25, 0.3) is 6.08 Å². The fraction of sp³-hybridized carbons (Fsp3) is 0.391. The van der Waals surface area contributed by atoms with E-state index in [2.05, 4.69) is 16.0 Å². The molecule has 35 heavy (non-hydrogen) atoms. The lowest BCUT2D eigenvalue weighted by atomic mass is 10.0. The molecule has 190 valence electrons. The summed E-state index contributed by atoms with van der Waals surface area (Å²) in [6.45, 7) is 3.16. The van der Waals surface area contributed by atoms with Crippen LogP contribution in [0.1, 0.15) is 49.0 Å². The van der Waals surface area contributed by atoms with Crippen LogP contribution < -0.4 is 21.7 Å². The molecule has 0 radical (unpaired) electrons. The molecule has 0 fully saturated rings. The maximum atomic E-state index is 12.6. The van der Waals surface area contributed by atoms with Crippen LogP contribution in [-0.4, -0.2) is 64.4 Å². The Morgan fingerprint density at radius 2 is 1.60 bits per heavy atom. The summed E-state index contributed by atoms with van der Waals surface area (Å²) < 4.78 is 0. The third-order valence-corrected chi connectivity index (χ3v) is 4.67. The largest absolute Gasteiger partial charge is 0.481 e. The van der Waals surface area contributed by atoms with Crippen LogP contribution in [0.4, 0.5) is 0 Å². The molecule has 2 atom stereocenters. The highest BCUT2D eigenvalue weighted by Crippen LogP contribution is 2.07. The van der Waals surface area contributed by atoms with Gasteiger partial charge < -0.3 is 31.9 Å². The number of primary amides is 1. The Bertz CT molecular complexity index is 972. The van der Waals surface area contributed by atoms with Gasteiger partial charge in [-0.2, -0.15) is 0 Å². The average molecular weight is 491 g/mol. The lowest BCUT2D eigenvalue weighted by molar-refractivity contribution is -0.138. The number of carboxylic acid groups (broad SMARTS) is 2. The predicted molar refractivity (Wildman–Crippen MR) is 125 cm³/mol. The van der Waals surface area contributed by atoms with Crippen molar-refractivity contribution < 1.29 is 39.0 Å². The number of carbonyl (C=O) groups is 6. The van der Waals surface area contributed by atoms with Gasteiger partial charge >= 0.3 is 11.9 Å². The first-order valence-corrected chi connectivity index (χ1v) is 10.8. The quantitative estimate of drug-likeness (QED) is 0.193. The van der Waals surface area contributed by atoms with E-state index in [9.17, 15) is 28.8 Å². The third-order valence-electron chi connectivity index (χ3n) is 4.67. The number of amides is 4. The second-order valence-electron chi connectivity index (χ2n) is 8.12. The van der Waals surface area contributed by atoms with Crippen LogP contribution >= 0.6 is 0 Å². The minimum absolute atomic E-state index is 0.0392. The summed E-state index contributed by atoms with van der Waals surface area (Å²) in [4.78, 5) is 70.4. The molecule has 12 nitrogen and oxygen atoms in total. The van der Waals surface area contributed by atoms with E-state index >= 15 is 0 Å².